The van der Waals surface area contributed by atoms with Gasteiger partial charge in [0.05, 0.1) is 11.8 Å². The topological polar surface area (TPSA) is 67.2 Å². The average molecular weight is 263 g/mol. The minimum atomic E-state index is -1.28. The molecule has 1 aromatic heterocycles. The molecule has 2 rings (SSSR count). The van der Waals surface area contributed by atoms with Crippen molar-refractivity contribution in [2.75, 3.05) is 5.32 Å². The van der Waals surface area contributed by atoms with Gasteiger partial charge in [-0.15, -0.1) is 0 Å². The third-order valence-electron chi connectivity index (χ3n) is 2.70. The van der Waals surface area contributed by atoms with Crippen LogP contribution in [0.4, 0.5) is 10.1 Å². The van der Waals surface area contributed by atoms with Crippen molar-refractivity contribution in [3.63, 3.8) is 0 Å². The Morgan fingerprint density at radius 2 is 2.32 bits per heavy atom. The van der Waals surface area contributed by atoms with Crippen LogP contribution in [-0.4, -0.2) is 20.9 Å². The molecule has 0 unspecified atom stereocenters. The Hall–Kier alpha value is -2.37. The van der Waals surface area contributed by atoms with E-state index in [0.717, 1.165) is 18.2 Å². The molecule has 1 heterocycles. The molecule has 100 valence electrons. The molecule has 0 saturated heterocycles. The van der Waals surface area contributed by atoms with E-state index in [2.05, 4.69) is 10.4 Å². The van der Waals surface area contributed by atoms with E-state index >= 15 is 0 Å². The van der Waals surface area contributed by atoms with Gasteiger partial charge in [-0.2, -0.15) is 5.10 Å². The number of hydrogen-bond acceptors (Lipinski definition) is 3. The molecule has 0 aliphatic carbocycles. The first-order valence-electron chi connectivity index (χ1n) is 5.88. The van der Waals surface area contributed by atoms with Crippen LogP contribution in [0.15, 0.2) is 30.6 Å². The molecule has 0 saturated carbocycles. The van der Waals surface area contributed by atoms with Gasteiger partial charge in [0, 0.05) is 30.5 Å². The summed E-state index contributed by atoms with van der Waals surface area (Å²) in [5.74, 6) is -2.02. The Labute approximate surface area is 109 Å². The average Bonchev–Trinajstić information content (AvgIpc) is 2.85. The van der Waals surface area contributed by atoms with E-state index < -0.39 is 11.8 Å². The lowest BCUT2D eigenvalue weighted by molar-refractivity contribution is 0.0692. The molecule has 0 aliphatic heterocycles. The zero-order valence-corrected chi connectivity index (χ0v) is 10.4. The second-order valence-corrected chi connectivity index (χ2v) is 4.06. The third kappa shape index (κ3) is 3.09. The normalized spacial score (nSPS) is 10.4. The molecule has 0 spiro atoms. The first-order chi connectivity index (χ1) is 9.10. The number of anilines is 1. The van der Waals surface area contributed by atoms with E-state index in [-0.39, 0.29) is 5.56 Å². The van der Waals surface area contributed by atoms with Crippen molar-refractivity contribution in [2.45, 2.75) is 20.0 Å². The molecule has 2 N–H and O–H groups in total. The molecule has 0 atom stereocenters. The van der Waals surface area contributed by atoms with Gasteiger partial charge in [0.25, 0.3) is 0 Å². The summed E-state index contributed by atoms with van der Waals surface area (Å²) in [6.07, 6.45) is 3.63. The number of carboxylic acid groups (broad SMARTS) is 1. The number of nitrogens with zero attached hydrogens (tertiary/aromatic N) is 2. The van der Waals surface area contributed by atoms with Crippen molar-refractivity contribution in [1.82, 2.24) is 9.78 Å². The second kappa shape index (κ2) is 5.51. The number of halogens is 1. The highest BCUT2D eigenvalue weighted by Crippen LogP contribution is 2.15. The van der Waals surface area contributed by atoms with Gasteiger partial charge in [-0.25, -0.2) is 9.18 Å². The van der Waals surface area contributed by atoms with E-state index in [0.29, 0.717) is 12.2 Å². The van der Waals surface area contributed by atoms with E-state index in [4.69, 9.17) is 5.11 Å². The van der Waals surface area contributed by atoms with Gasteiger partial charge >= 0.3 is 5.97 Å². The summed E-state index contributed by atoms with van der Waals surface area (Å²) in [4.78, 5) is 10.8. The molecule has 5 nitrogen and oxygen atoms in total. The van der Waals surface area contributed by atoms with Crippen LogP contribution in [0.5, 0.6) is 0 Å². The van der Waals surface area contributed by atoms with Gasteiger partial charge < -0.3 is 10.4 Å². The summed E-state index contributed by atoms with van der Waals surface area (Å²) < 4.78 is 15.0. The molecule has 0 fully saturated rings. The van der Waals surface area contributed by atoms with Crippen LogP contribution < -0.4 is 5.32 Å². The van der Waals surface area contributed by atoms with E-state index in [1.165, 1.54) is 12.1 Å². The summed E-state index contributed by atoms with van der Waals surface area (Å²) in [6, 6.07) is 3.93. The number of benzene rings is 1. The maximum absolute atomic E-state index is 13.2. The fraction of sp³-hybridized carbons (Fsp3) is 0.231. The Balaban J connectivity index is 2.07. The van der Waals surface area contributed by atoms with Crippen LogP contribution in [0.3, 0.4) is 0 Å². The number of carbonyl (C=O) groups is 1. The zero-order chi connectivity index (χ0) is 13.8. The van der Waals surface area contributed by atoms with Crippen LogP contribution in [0, 0.1) is 5.82 Å². The lowest BCUT2D eigenvalue weighted by Crippen LogP contribution is -2.04. The molecular formula is C13H14FN3O2. The number of nitrogens with one attached hydrogen (secondary N) is 1. The fourth-order valence-electron chi connectivity index (χ4n) is 1.67. The summed E-state index contributed by atoms with van der Waals surface area (Å²) in [5, 5.41) is 16.0. The number of carboxylic acids is 1. The molecule has 0 amide bonds. The van der Waals surface area contributed by atoms with Crippen LogP contribution in [0.2, 0.25) is 0 Å². The minimum Gasteiger partial charge on any atom is -0.478 e. The van der Waals surface area contributed by atoms with Crippen LogP contribution in [0.1, 0.15) is 22.8 Å². The summed E-state index contributed by atoms with van der Waals surface area (Å²) in [7, 11) is 0. The lowest BCUT2D eigenvalue weighted by atomic mass is 10.2. The number of aromatic carboxylic acids is 1. The Kier molecular flexibility index (Phi) is 3.79. The van der Waals surface area contributed by atoms with Gasteiger partial charge in [-0.1, -0.05) is 0 Å². The quantitative estimate of drug-likeness (QED) is 0.869. The van der Waals surface area contributed by atoms with Gasteiger partial charge in [-0.05, 0) is 25.1 Å². The third-order valence-corrected chi connectivity index (χ3v) is 2.70. The maximum Gasteiger partial charge on any atom is 0.338 e. The summed E-state index contributed by atoms with van der Waals surface area (Å²) in [6.45, 7) is 3.29. The van der Waals surface area contributed by atoms with Crippen LogP contribution in [0.25, 0.3) is 0 Å². The van der Waals surface area contributed by atoms with Crippen molar-refractivity contribution >= 4 is 11.7 Å². The molecule has 19 heavy (non-hydrogen) atoms. The molecule has 0 radical (unpaired) electrons. The predicted octanol–water partition coefficient (Wildman–Crippen LogP) is 2.35. The Bertz CT molecular complexity index is 595. The van der Waals surface area contributed by atoms with Gasteiger partial charge in [0.15, 0.2) is 0 Å². The molecule has 0 bridgehead atoms. The number of aromatic nitrogens is 2. The number of hydrogen-bond donors (Lipinski definition) is 2. The largest absolute Gasteiger partial charge is 0.478 e. The molecular weight excluding hydrogens is 249 g/mol. The lowest BCUT2D eigenvalue weighted by Gasteiger charge is -2.06. The highest BCUT2D eigenvalue weighted by molar-refractivity contribution is 5.89. The standard InChI is InChI=1S/C13H14FN3O2/c1-2-17-8-9(7-16-17)6-15-10-3-4-12(14)11(5-10)13(18)19/h3-5,7-8,15H,2,6H2,1H3,(H,18,19). The summed E-state index contributed by atoms with van der Waals surface area (Å²) in [5.41, 5.74) is 1.19. The van der Waals surface area contributed by atoms with Crippen molar-refractivity contribution in [2.24, 2.45) is 0 Å². The van der Waals surface area contributed by atoms with Crippen molar-refractivity contribution in [3.8, 4) is 0 Å². The first kappa shape index (κ1) is 13.1. The van der Waals surface area contributed by atoms with E-state index in [9.17, 15) is 9.18 Å². The maximum atomic E-state index is 13.2. The van der Waals surface area contributed by atoms with Gasteiger partial charge in [-0.3, -0.25) is 4.68 Å². The predicted molar refractivity (Wildman–Crippen MR) is 68.6 cm³/mol. The SMILES string of the molecule is CCn1cc(CNc2ccc(F)c(C(=O)O)c2)cn1. The van der Waals surface area contributed by atoms with Gasteiger partial charge in [0.1, 0.15) is 5.82 Å². The monoisotopic (exact) mass is 263 g/mol. The van der Waals surface area contributed by atoms with E-state index in [1.54, 1.807) is 10.9 Å². The van der Waals surface area contributed by atoms with Crippen molar-refractivity contribution in [1.29, 1.82) is 0 Å². The highest BCUT2D eigenvalue weighted by Gasteiger charge is 2.10. The van der Waals surface area contributed by atoms with Crippen LogP contribution in [-0.2, 0) is 13.1 Å². The zero-order valence-electron chi connectivity index (χ0n) is 10.4. The fourth-order valence-corrected chi connectivity index (χ4v) is 1.67. The van der Waals surface area contributed by atoms with Gasteiger partial charge in [0.2, 0.25) is 0 Å². The second-order valence-electron chi connectivity index (χ2n) is 4.06. The van der Waals surface area contributed by atoms with E-state index in [1.807, 2.05) is 13.1 Å². The Morgan fingerprint density at radius 1 is 1.53 bits per heavy atom. The molecule has 6 heteroatoms. The Morgan fingerprint density at radius 3 is 2.95 bits per heavy atom. The van der Waals surface area contributed by atoms with Crippen LogP contribution >= 0.6 is 0 Å². The van der Waals surface area contributed by atoms with Crippen molar-refractivity contribution < 1.29 is 14.3 Å². The number of rotatable bonds is 5. The highest BCUT2D eigenvalue weighted by atomic mass is 19.1. The smallest absolute Gasteiger partial charge is 0.338 e. The molecule has 2 aromatic rings. The summed E-state index contributed by atoms with van der Waals surface area (Å²) >= 11 is 0. The first-order valence-corrected chi connectivity index (χ1v) is 5.88. The molecule has 0 aliphatic rings. The number of aryl methyl sites for hydroxylation is 1. The molecule has 1 aromatic carbocycles. The van der Waals surface area contributed by atoms with Crippen molar-refractivity contribution in [3.05, 3.63) is 47.5 Å². The minimum absolute atomic E-state index is 0.339.